The number of amides is 1. The Hall–Kier alpha value is -2.80. The molecule has 0 spiro atoms. The Bertz CT molecular complexity index is 1110. The summed E-state index contributed by atoms with van der Waals surface area (Å²) in [5.41, 5.74) is 5.05. The highest BCUT2D eigenvalue weighted by Crippen LogP contribution is 2.42. The van der Waals surface area contributed by atoms with Crippen molar-refractivity contribution < 1.29 is 9.18 Å². The number of hydrogen-bond donors (Lipinski definition) is 1. The topological polar surface area (TPSA) is 59.8 Å². The van der Waals surface area contributed by atoms with E-state index in [1.165, 1.54) is 29.0 Å². The molecule has 1 aromatic carbocycles. The third kappa shape index (κ3) is 3.94. The molecule has 0 unspecified atom stereocenters. The molecule has 0 fully saturated rings. The normalized spacial score (nSPS) is 18.1. The molecular weight excluding hydrogens is 399 g/mol. The lowest BCUT2D eigenvalue weighted by molar-refractivity contribution is -0.116. The first-order chi connectivity index (χ1) is 14.2. The van der Waals surface area contributed by atoms with Gasteiger partial charge in [-0.2, -0.15) is 5.10 Å². The zero-order chi connectivity index (χ0) is 21.5. The van der Waals surface area contributed by atoms with E-state index in [1.807, 2.05) is 24.7 Å². The summed E-state index contributed by atoms with van der Waals surface area (Å²) in [6, 6.07) is 6.34. The van der Waals surface area contributed by atoms with Crippen LogP contribution in [0.5, 0.6) is 0 Å². The van der Waals surface area contributed by atoms with Crippen molar-refractivity contribution >= 4 is 28.5 Å². The summed E-state index contributed by atoms with van der Waals surface area (Å²) in [6.07, 6.45) is 6.00. The number of carbonyl (C=O) groups is 1. The number of thiazole rings is 1. The minimum Gasteiger partial charge on any atom is -0.302 e. The number of benzene rings is 1. The Kier molecular flexibility index (Phi) is 5.32. The van der Waals surface area contributed by atoms with Gasteiger partial charge in [-0.05, 0) is 74.9 Å². The van der Waals surface area contributed by atoms with Crippen molar-refractivity contribution in [1.29, 1.82) is 0 Å². The highest BCUT2D eigenvalue weighted by Gasteiger charge is 2.33. The molecule has 3 aromatic rings. The monoisotopic (exact) mass is 424 g/mol. The Balaban J connectivity index is 1.47. The molecule has 2 aromatic heterocycles. The number of fused-ring (bicyclic) bond motifs is 1. The van der Waals surface area contributed by atoms with E-state index in [4.69, 9.17) is 0 Å². The van der Waals surface area contributed by atoms with Crippen LogP contribution in [-0.2, 0) is 11.2 Å². The Morgan fingerprint density at radius 2 is 2.00 bits per heavy atom. The molecular formula is C23H25FN4OS. The van der Waals surface area contributed by atoms with Gasteiger partial charge in [-0.15, -0.1) is 11.3 Å². The van der Waals surface area contributed by atoms with Crippen LogP contribution in [0.4, 0.5) is 9.52 Å². The molecule has 0 aliphatic heterocycles. The molecule has 7 heteroatoms. The molecule has 0 saturated carbocycles. The van der Waals surface area contributed by atoms with E-state index >= 15 is 0 Å². The fourth-order valence-electron chi connectivity index (χ4n) is 3.79. The number of anilines is 1. The zero-order valence-electron chi connectivity index (χ0n) is 17.6. The third-order valence-electron chi connectivity index (χ3n) is 6.02. The lowest BCUT2D eigenvalue weighted by atomic mass is 9.71. The second-order valence-corrected chi connectivity index (χ2v) is 9.42. The first-order valence-corrected chi connectivity index (χ1v) is 10.8. The van der Waals surface area contributed by atoms with Gasteiger partial charge in [-0.3, -0.25) is 4.79 Å². The highest BCUT2D eigenvalue weighted by molar-refractivity contribution is 7.15. The molecule has 4 rings (SSSR count). The Morgan fingerprint density at radius 1 is 1.27 bits per heavy atom. The van der Waals surface area contributed by atoms with Crippen LogP contribution in [-0.4, -0.2) is 20.7 Å². The predicted molar refractivity (Wildman–Crippen MR) is 118 cm³/mol. The average Bonchev–Trinajstić information content (AvgIpc) is 3.23. The standard InChI is InChI=1S/C23H25FN4OS/c1-14-11-20-17(13-25-28(20)19-7-5-18(24)6-8-19)12-23(14,4)10-9-21(29)27-22-26-15(2)16(3)30-22/h5-8,11,13H,9-10,12H2,1-4H3,(H,26,27,29)/t23-/m0/s1. The zero-order valence-corrected chi connectivity index (χ0v) is 18.4. The number of allylic oxidation sites excluding steroid dienone is 1. The number of hydrogen-bond acceptors (Lipinski definition) is 4. The Morgan fingerprint density at radius 3 is 2.67 bits per heavy atom. The van der Waals surface area contributed by atoms with Crippen LogP contribution >= 0.6 is 11.3 Å². The highest BCUT2D eigenvalue weighted by atomic mass is 32.1. The van der Waals surface area contributed by atoms with Crippen molar-refractivity contribution in [2.24, 2.45) is 5.41 Å². The van der Waals surface area contributed by atoms with Gasteiger partial charge in [0.15, 0.2) is 5.13 Å². The number of aromatic nitrogens is 3. The maximum atomic E-state index is 13.3. The van der Waals surface area contributed by atoms with Gasteiger partial charge in [-0.25, -0.2) is 14.1 Å². The minimum absolute atomic E-state index is 0.00872. The molecule has 2 heterocycles. The van der Waals surface area contributed by atoms with E-state index in [0.29, 0.717) is 11.6 Å². The van der Waals surface area contributed by atoms with Crippen LogP contribution < -0.4 is 5.32 Å². The minimum atomic E-state index is -0.264. The molecule has 5 nitrogen and oxygen atoms in total. The lowest BCUT2D eigenvalue weighted by Crippen LogP contribution is -2.26. The largest absolute Gasteiger partial charge is 0.302 e. The summed E-state index contributed by atoms with van der Waals surface area (Å²) >= 11 is 1.51. The van der Waals surface area contributed by atoms with Crippen LogP contribution in [0, 0.1) is 25.1 Å². The van der Waals surface area contributed by atoms with Crippen LogP contribution in [0.2, 0.25) is 0 Å². The van der Waals surface area contributed by atoms with Gasteiger partial charge in [-0.1, -0.05) is 12.5 Å². The molecule has 30 heavy (non-hydrogen) atoms. The van der Waals surface area contributed by atoms with Gasteiger partial charge in [0, 0.05) is 11.3 Å². The van der Waals surface area contributed by atoms with Crippen molar-refractivity contribution in [3.63, 3.8) is 0 Å². The van der Waals surface area contributed by atoms with Crippen LogP contribution in [0.3, 0.4) is 0 Å². The summed E-state index contributed by atoms with van der Waals surface area (Å²) in [7, 11) is 0. The number of nitrogens with one attached hydrogen (secondary N) is 1. The average molecular weight is 425 g/mol. The number of aryl methyl sites for hydroxylation is 2. The number of carbonyl (C=O) groups excluding carboxylic acids is 1. The van der Waals surface area contributed by atoms with E-state index < -0.39 is 0 Å². The van der Waals surface area contributed by atoms with E-state index in [0.717, 1.165) is 40.4 Å². The van der Waals surface area contributed by atoms with Crippen LogP contribution in [0.15, 0.2) is 36.0 Å². The molecule has 0 bridgehead atoms. The molecule has 1 amide bonds. The maximum absolute atomic E-state index is 13.3. The van der Waals surface area contributed by atoms with Gasteiger partial charge in [0.05, 0.1) is 23.3 Å². The smallest absolute Gasteiger partial charge is 0.226 e. The third-order valence-corrected chi connectivity index (χ3v) is 7.01. The molecule has 1 aliphatic carbocycles. The van der Waals surface area contributed by atoms with Crippen molar-refractivity contribution in [2.45, 2.75) is 47.0 Å². The van der Waals surface area contributed by atoms with Gasteiger partial charge in [0.2, 0.25) is 5.91 Å². The maximum Gasteiger partial charge on any atom is 0.226 e. The molecule has 1 N–H and O–H groups in total. The molecule has 1 atom stereocenters. The first kappa shape index (κ1) is 20.5. The van der Waals surface area contributed by atoms with Gasteiger partial charge >= 0.3 is 0 Å². The first-order valence-electron chi connectivity index (χ1n) is 10.0. The van der Waals surface area contributed by atoms with E-state index in [9.17, 15) is 9.18 Å². The molecule has 156 valence electrons. The quantitative estimate of drug-likeness (QED) is 0.591. The van der Waals surface area contributed by atoms with Crippen molar-refractivity contribution in [1.82, 2.24) is 14.8 Å². The Labute approximate surface area is 179 Å². The summed E-state index contributed by atoms with van der Waals surface area (Å²) < 4.78 is 15.1. The van der Waals surface area contributed by atoms with Crippen LogP contribution in [0.1, 0.15) is 48.5 Å². The van der Waals surface area contributed by atoms with E-state index in [2.05, 4.69) is 35.3 Å². The van der Waals surface area contributed by atoms with Crippen molar-refractivity contribution in [3.05, 3.63) is 63.7 Å². The lowest BCUT2D eigenvalue weighted by Gasteiger charge is -2.34. The summed E-state index contributed by atoms with van der Waals surface area (Å²) in [4.78, 5) is 18.0. The van der Waals surface area contributed by atoms with Gasteiger partial charge < -0.3 is 5.32 Å². The predicted octanol–water partition coefficient (Wildman–Crippen LogP) is 5.47. The summed E-state index contributed by atoms with van der Waals surface area (Å²) in [6.45, 7) is 8.25. The SMILES string of the molecule is CC1=Cc2c(cnn2-c2ccc(F)cc2)C[C@]1(C)CCC(=O)Nc1nc(C)c(C)s1. The summed E-state index contributed by atoms with van der Waals surface area (Å²) in [5, 5.41) is 8.11. The molecule has 0 saturated heterocycles. The number of rotatable bonds is 5. The molecule has 1 aliphatic rings. The second kappa shape index (κ2) is 7.80. The summed E-state index contributed by atoms with van der Waals surface area (Å²) in [5.74, 6) is -0.272. The fraction of sp³-hybridized carbons (Fsp3) is 0.348. The van der Waals surface area contributed by atoms with Crippen molar-refractivity contribution in [3.8, 4) is 5.69 Å². The number of halogens is 1. The van der Waals surface area contributed by atoms with E-state index in [-0.39, 0.29) is 17.1 Å². The van der Waals surface area contributed by atoms with E-state index in [1.54, 1.807) is 12.1 Å². The van der Waals surface area contributed by atoms with Gasteiger partial charge in [0.1, 0.15) is 5.82 Å². The van der Waals surface area contributed by atoms with Gasteiger partial charge in [0.25, 0.3) is 0 Å². The number of nitrogens with zero attached hydrogens (tertiary/aromatic N) is 3. The molecule has 0 radical (unpaired) electrons. The van der Waals surface area contributed by atoms with Crippen molar-refractivity contribution in [2.75, 3.05) is 5.32 Å². The fourth-order valence-corrected chi connectivity index (χ4v) is 4.62. The second-order valence-electron chi connectivity index (χ2n) is 8.22. The van der Waals surface area contributed by atoms with Crippen LogP contribution in [0.25, 0.3) is 11.8 Å².